The lowest BCUT2D eigenvalue weighted by molar-refractivity contribution is 0.0635. The third-order valence-corrected chi connectivity index (χ3v) is 3.48. The molecule has 0 unspecified atom stereocenters. The number of halogens is 1. The van der Waals surface area contributed by atoms with E-state index in [2.05, 4.69) is 4.90 Å². The largest absolute Gasteiger partial charge is 0.451 e. The monoisotopic (exact) mass is 262 g/mol. The number of nitrogens with zero attached hydrogens (tertiary/aromatic N) is 2. The zero-order chi connectivity index (χ0) is 13.4. The van der Waals surface area contributed by atoms with Gasteiger partial charge in [0.1, 0.15) is 11.4 Å². The first-order chi connectivity index (χ1) is 9.13. The summed E-state index contributed by atoms with van der Waals surface area (Å²) in [5.41, 5.74) is 0.541. The second kappa shape index (κ2) is 4.66. The predicted molar refractivity (Wildman–Crippen MR) is 69.6 cm³/mol. The molecule has 0 radical (unpaired) electrons. The molecule has 19 heavy (non-hydrogen) atoms. The first kappa shape index (κ1) is 12.2. The zero-order valence-electron chi connectivity index (χ0n) is 10.7. The average molecular weight is 262 g/mol. The second-order valence-corrected chi connectivity index (χ2v) is 4.89. The number of amides is 1. The van der Waals surface area contributed by atoms with Crippen molar-refractivity contribution < 1.29 is 13.6 Å². The number of piperazine rings is 1. The summed E-state index contributed by atoms with van der Waals surface area (Å²) in [4.78, 5) is 16.2. The molecule has 4 nitrogen and oxygen atoms in total. The van der Waals surface area contributed by atoms with E-state index in [0.29, 0.717) is 24.1 Å². The Balaban J connectivity index is 1.85. The first-order valence-corrected chi connectivity index (χ1v) is 6.30. The molecule has 1 saturated heterocycles. The normalized spacial score (nSPS) is 17.1. The summed E-state index contributed by atoms with van der Waals surface area (Å²) in [6, 6.07) is 5.86. The van der Waals surface area contributed by atoms with Crippen LogP contribution in [-0.2, 0) is 0 Å². The molecule has 1 aliphatic rings. The van der Waals surface area contributed by atoms with Gasteiger partial charge in [0.15, 0.2) is 5.76 Å². The predicted octanol–water partition coefficient (Wildman–Crippen LogP) is 1.96. The summed E-state index contributed by atoms with van der Waals surface area (Å²) < 4.78 is 18.6. The maximum atomic E-state index is 13.1. The number of rotatable bonds is 1. The number of carbonyl (C=O) groups is 1. The van der Waals surface area contributed by atoms with Gasteiger partial charge in [0.2, 0.25) is 0 Å². The van der Waals surface area contributed by atoms with Crippen LogP contribution in [0.5, 0.6) is 0 Å². The van der Waals surface area contributed by atoms with E-state index in [1.807, 2.05) is 7.05 Å². The van der Waals surface area contributed by atoms with Crippen molar-refractivity contribution in [1.29, 1.82) is 0 Å². The van der Waals surface area contributed by atoms with Crippen molar-refractivity contribution in [2.75, 3.05) is 33.2 Å². The maximum Gasteiger partial charge on any atom is 0.289 e. The molecule has 0 bridgehead atoms. The Bertz CT molecular complexity index is 615. The second-order valence-electron chi connectivity index (χ2n) is 4.89. The van der Waals surface area contributed by atoms with Gasteiger partial charge in [-0.25, -0.2) is 4.39 Å². The van der Waals surface area contributed by atoms with Gasteiger partial charge in [-0.05, 0) is 31.3 Å². The molecule has 2 aromatic rings. The van der Waals surface area contributed by atoms with Crippen LogP contribution in [0.1, 0.15) is 10.6 Å². The van der Waals surface area contributed by atoms with Crippen molar-refractivity contribution >= 4 is 16.9 Å². The highest BCUT2D eigenvalue weighted by Crippen LogP contribution is 2.21. The Labute approximate surface area is 110 Å². The summed E-state index contributed by atoms with van der Waals surface area (Å²) in [6.45, 7) is 3.11. The van der Waals surface area contributed by atoms with Gasteiger partial charge in [0.05, 0.1) is 0 Å². The summed E-state index contributed by atoms with van der Waals surface area (Å²) in [6.07, 6.45) is 0. The van der Waals surface area contributed by atoms with Crippen molar-refractivity contribution in [3.63, 3.8) is 0 Å². The van der Waals surface area contributed by atoms with Crippen LogP contribution in [0, 0.1) is 5.82 Å². The van der Waals surface area contributed by atoms with E-state index in [0.717, 1.165) is 13.1 Å². The molecule has 0 spiro atoms. The number of furan rings is 1. The third-order valence-electron chi connectivity index (χ3n) is 3.48. The zero-order valence-corrected chi connectivity index (χ0v) is 10.7. The molecule has 0 aliphatic carbocycles. The first-order valence-electron chi connectivity index (χ1n) is 6.30. The van der Waals surface area contributed by atoms with Gasteiger partial charge < -0.3 is 14.2 Å². The average Bonchev–Trinajstić information content (AvgIpc) is 2.81. The minimum atomic E-state index is -0.327. The lowest BCUT2D eigenvalue weighted by atomic mass is 10.2. The third kappa shape index (κ3) is 2.33. The van der Waals surface area contributed by atoms with Crippen molar-refractivity contribution in [2.24, 2.45) is 0 Å². The van der Waals surface area contributed by atoms with E-state index in [1.54, 1.807) is 17.0 Å². The Hall–Kier alpha value is -1.88. The summed E-state index contributed by atoms with van der Waals surface area (Å²) in [7, 11) is 2.03. The highest BCUT2D eigenvalue weighted by atomic mass is 19.1. The molecule has 0 saturated carbocycles. The van der Waals surface area contributed by atoms with E-state index in [-0.39, 0.29) is 17.5 Å². The number of carbonyl (C=O) groups excluding carboxylic acids is 1. The minimum Gasteiger partial charge on any atom is -0.451 e. The molecule has 1 aromatic carbocycles. The van der Waals surface area contributed by atoms with Crippen molar-refractivity contribution in [3.05, 3.63) is 35.8 Å². The molecular formula is C14H15FN2O2. The van der Waals surface area contributed by atoms with Crippen LogP contribution in [0.25, 0.3) is 11.0 Å². The molecule has 2 heterocycles. The molecule has 0 atom stereocenters. The van der Waals surface area contributed by atoms with E-state index >= 15 is 0 Å². The van der Waals surface area contributed by atoms with Gasteiger partial charge in [0.25, 0.3) is 5.91 Å². The van der Waals surface area contributed by atoms with E-state index in [9.17, 15) is 9.18 Å². The van der Waals surface area contributed by atoms with Crippen molar-refractivity contribution in [1.82, 2.24) is 9.80 Å². The van der Waals surface area contributed by atoms with Crippen LogP contribution in [0.4, 0.5) is 4.39 Å². The van der Waals surface area contributed by atoms with Gasteiger partial charge in [-0.2, -0.15) is 0 Å². The Morgan fingerprint density at radius 3 is 2.68 bits per heavy atom. The van der Waals surface area contributed by atoms with E-state index in [1.165, 1.54) is 12.1 Å². The van der Waals surface area contributed by atoms with E-state index in [4.69, 9.17) is 4.42 Å². The lowest BCUT2D eigenvalue weighted by Gasteiger charge is -2.31. The number of hydrogen-bond donors (Lipinski definition) is 0. The molecule has 0 N–H and O–H groups in total. The molecule has 1 amide bonds. The fourth-order valence-electron chi connectivity index (χ4n) is 2.28. The number of benzene rings is 1. The SMILES string of the molecule is CN1CCN(C(=O)c2cc3cc(F)ccc3o2)CC1. The Morgan fingerprint density at radius 1 is 1.21 bits per heavy atom. The molecule has 1 aromatic heterocycles. The van der Waals surface area contributed by atoms with Gasteiger partial charge in [-0.3, -0.25) is 4.79 Å². The summed E-state index contributed by atoms with van der Waals surface area (Å²) in [5.74, 6) is -0.165. The summed E-state index contributed by atoms with van der Waals surface area (Å²) >= 11 is 0. The number of hydrogen-bond acceptors (Lipinski definition) is 3. The van der Waals surface area contributed by atoms with Crippen LogP contribution in [0.2, 0.25) is 0 Å². The molecule has 100 valence electrons. The van der Waals surface area contributed by atoms with Gasteiger partial charge in [0, 0.05) is 31.6 Å². The minimum absolute atomic E-state index is 0.121. The fourth-order valence-corrected chi connectivity index (χ4v) is 2.28. The van der Waals surface area contributed by atoms with Crippen LogP contribution in [-0.4, -0.2) is 48.9 Å². The fraction of sp³-hybridized carbons (Fsp3) is 0.357. The molecule has 1 aliphatic heterocycles. The quantitative estimate of drug-likeness (QED) is 0.788. The molecule has 3 rings (SSSR count). The number of fused-ring (bicyclic) bond motifs is 1. The van der Waals surface area contributed by atoms with Crippen molar-refractivity contribution in [2.45, 2.75) is 0 Å². The van der Waals surface area contributed by atoms with Crippen LogP contribution < -0.4 is 0 Å². The van der Waals surface area contributed by atoms with Crippen molar-refractivity contribution in [3.8, 4) is 0 Å². The topological polar surface area (TPSA) is 36.7 Å². The molecule has 5 heteroatoms. The summed E-state index contributed by atoms with van der Waals surface area (Å²) in [5, 5.41) is 0.623. The lowest BCUT2D eigenvalue weighted by Crippen LogP contribution is -2.47. The smallest absolute Gasteiger partial charge is 0.289 e. The van der Waals surface area contributed by atoms with Gasteiger partial charge >= 0.3 is 0 Å². The maximum absolute atomic E-state index is 13.1. The van der Waals surface area contributed by atoms with Crippen LogP contribution in [0.15, 0.2) is 28.7 Å². The Kier molecular flexibility index (Phi) is 2.98. The number of likely N-dealkylation sites (N-methyl/N-ethyl adjacent to an activating group) is 1. The van der Waals surface area contributed by atoms with E-state index < -0.39 is 0 Å². The highest BCUT2D eigenvalue weighted by Gasteiger charge is 2.23. The van der Waals surface area contributed by atoms with Crippen LogP contribution >= 0.6 is 0 Å². The highest BCUT2D eigenvalue weighted by molar-refractivity contribution is 5.96. The molecular weight excluding hydrogens is 247 g/mol. The van der Waals surface area contributed by atoms with Gasteiger partial charge in [-0.15, -0.1) is 0 Å². The van der Waals surface area contributed by atoms with Crippen LogP contribution in [0.3, 0.4) is 0 Å². The standard InChI is InChI=1S/C14H15FN2O2/c1-16-4-6-17(7-5-16)14(18)13-9-10-8-11(15)2-3-12(10)19-13/h2-3,8-9H,4-7H2,1H3. The Morgan fingerprint density at radius 2 is 1.95 bits per heavy atom. The molecule has 1 fully saturated rings. The van der Waals surface area contributed by atoms with Gasteiger partial charge in [-0.1, -0.05) is 0 Å².